The number of carbonyl (C=O) groups excluding carboxylic acids is 2. The molecule has 3 aromatic carbocycles. The summed E-state index contributed by atoms with van der Waals surface area (Å²) in [7, 11) is 1.91. The summed E-state index contributed by atoms with van der Waals surface area (Å²) in [6.45, 7) is 3.51. The predicted octanol–water partition coefficient (Wildman–Crippen LogP) is 6.01. The molecule has 1 spiro atoms. The van der Waals surface area contributed by atoms with E-state index in [1.54, 1.807) is 17.8 Å². The number of hydrogen-bond donors (Lipinski definition) is 1. The fraction of sp³-hybridized carbons (Fsp3) is 0.312. The first kappa shape index (κ1) is 29.7. The van der Waals surface area contributed by atoms with Crippen LogP contribution >= 0.6 is 24.2 Å². The number of nitrogens with one attached hydrogen (secondary N) is 1. The smallest absolute Gasteiger partial charge is 0.249 e. The zero-order chi connectivity index (χ0) is 27.1. The summed E-state index contributed by atoms with van der Waals surface area (Å²) in [5.74, 6) is 1.08. The molecule has 0 aliphatic carbocycles. The number of nitrogens with zero attached hydrogens (tertiary/aromatic N) is 3. The van der Waals surface area contributed by atoms with Gasteiger partial charge in [0.2, 0.25) is 11.8 Å². The Kier molecular flexibility index (Phi) is 10.3. The maximum absolute atomic E-state index is 13.2. The molecule has 0 unspecified atom stereocenters. The molecule has 2 aliphatic rings. The van der Waals surface area contributed by atoms with Crippen LogP contribution in [0.2, 0.25) is 0 Å². The number of piperidine rings is 1. The van der Waals surface area contributed by atoms with Crippen LogP contribution in [0.1, 0.15) is 24.8 Å². The van der Waals surface area contributed by atoms with Gasteiger partial charge in [0.05, 0.1) is 12.4 Å². The summed E-state index contributed by atoms with van der Waals surface area (Å²) in [5, 5.41) is 3.03. The highest BCUT2D eigenvalue weighted by Crippen LogP contribution is 2.39. The molecule has 2 saturated heterocycles. The largest absolute Gasteiger partial charge is 0.339 e. The van der Waals surface area contributed by atoms with E-state index in [1.165, 1.54) is 0 Å². The number of anilines is 2. The molecule has 2 aliphatic heterocycles. The van der Waals surface area contributed by atoms with Gasteiger partial charge in [-0.15, -0.1) is 24.2 Å². The first-order chi connectivity index (χ1) is 19.0. The second-order valence-electron chi connectivity index (χ2n) is 10.2. The number of amides is 2. The number of likely N-dealkylation sites (tertiary alicyclic amines) is 1. The summed E-state index contributed by atoms with van der Waals surface area (Å²) < 4.78 is 0. The van der Waals surface area contributed by atoms with E-state index in [2.05, 4.69) is 33.3 Å². The SMILES string of the molecule is CN1CN(c2ccccc2)C2(CCN(CCCSc3ccccc3NC(=O)/C=C/c3ccccc3)CC2)C1=O.Cl. The Morgan fingerprint density at radius 2 is 1.60 bits per heavy atom. The van der Waals surface area contributed by atoms with Crippen molar-refractivity contribution >= 4 is 53.4 Å². The van der Waals surface area contributed by atoms with Gasteiger partial charge in [-0.25, -0.2) is 0 Å². The number of hydrogen-bond acceptors (Lipinski definition) is 5. The lowest BCUT2D eigenvalue weighted by atomic mass is 9.85. The van der Waals surface area contributed by atoms with Crippen LogP contribution in [-0.2, 0) is 9.59 Å². The van der Waals surface area contributed by atoms with Crippen molar-refractivity contribution in [2.75, 3.05) is 49.3 Å². The maximum atomic E-state index is 13.2. The lowest BCUT2D eigenvalue weighted by Gasteiger charge is -2.43. The Morgan fingerprint density at radius 3 is 2.33 bits per heavy atom. The predicted molar refractivity (Wildman–Crippen MR) is 168 cm³/mol. The first-order valence-electron chi connectivity index (χ1n) is 13.6. The van der Waals surface area contributed by atoms with Gasteiger partial charge in [-0.2, -0.15) is 0 Å². The second-order valence-corrected chi connectivity index (χ2v) is 11.3. The topological polar surface area (TPSA) is 55.9 Å². The van der Waals surface area contributed by atoms with Gasteiger partial charge in [-0.3, -0.25) is 9.59 Å². The zero-order valence-corrected chi connectivity index (χ0v) is 24.5. The minimum absolute atomic E-state index is 0. The van der Waals surface area contributed by atoms with Crippen molar-refractivity contribution in [1.29, 1.82) is 0 Å². The number of thioether (sulfide) groups is 1. The van der Waals surface area contributed by atoms with Crippen LogP contribution in [-0.4, -0.2) is 66.3 Å². The summed E-state index contributed by atoms with van der Waals surface area (Å²) in [6.07, 6.45) is 6.15. The lowest BCUT2D eigenvalue weighted by Crippen LogP contribution is -2.56. The number of benzene rings is 3. The van der Waals surface area contributed by atoms with Crippen molar-refractivity contribution in [1.82, 2.24) is 9.80 Å². The Hall–Kier alpha value is -3.26. The molecule has 0 saturated carbocycles. The van der Waals surface area contributed by atoms with Gasteiger partial charge in [-0.1, -0.05) is 60.7 Å². The summed E-state index contributed by atoms with van der Waals surface area (Å²) in [4.78, 5) is 33.5. The van der Waals surface area contributed by atoms with Crippen LogP contribution < -0.4 is 10.2 Å². The van der Waals surface area contributed by atoms with Gasteiger partial charge in [0.1, 0.15) is 5.54 Å². The van der Waals surface area contributed by atoms with E-state index in [0.29, 0.717) is 6.67 Å². The average molecular weight is 577 g/mol. The highest BCUT2D eigenvalue weighted by atomic mass is 35.5. The molecule has 40 heavy (non-hydrogen) atoms. The Balaban J connectivity index is 0.00000370. The van der Waals surface area contributed by atoms with E-state index in [4.69, 9.17) is 0 Å². The number of likely N-dealkylation sites (N-methyl/N-ethyl adjacent to an activating group) is 1. The van der Waals surface area contributed by atoms with Crippen LogP contribution in [0.5, 0.6) is 0 Å². The Labute approximate surface area is 247 Å². The van der Waals surface area contributed by atoms with E-state index in [-0.39, 0.29) is 24.2 Å². The van der Waals surface area contributed by atoms with Crippen molar-refractivity contribution in [3.8, 4) is 0 Å². The molecule has 3 aromatic rings. The number of para-hydroxylation sites is 2. The highest BCUT2D eigenvalue weighted by molar-refractivity contribution is 7.99. The third-order valence-electron chi connectivity index (χ3n) is 7.61. The van der Waals surface area contributed by atoms with Crippen LogP contribution in [0.15, 0.2) is 95.9 Å². The summed E-state index contributed by atoms with van der Waals surface area (Å²) in [5.41, 5.74) is 2.54. The lowest BCUT2D eigenvalue weighted by molar-refractivity contribution is -0.132. The van der Waals surface area contributed by atoms with Crippen molar-refractivity contribution in [2.24, 2.45) is 0 Å². The van der Waals surface area contributed by atoms with Crippen LogP contribution in [0.4, 0.5) is 11.4 Å². The third kappa shape index (κ3) is 6.89. The van der Waals surface area contributed by atoms with Crippen LogP contribution in [0.25, 0.3) is 6.08 Å². The zero-order valence-electron chi connectivity index (χ0n) is 22.9. The summed E-state index contributed by atoms with van der Waals surface area (Å²) >= 11 is 1.77. The molecule has 210 valence electrons. The minimum Gasteiger partial charge on any atom is -0.339 e. The summed E-state index contributed by atoms with van der Waals surface area (Å²) in [6, 6.07) is 28.1. The maximum Gasteiger partial charge on any atom is 0.249 e. The third-order valence-corrected chi connectivity index (χ3v) is 8.77. The fourth-order valence-electron chi connectivity index (χ4n) is 5.53. The molecular weight excluding hydrogens is 540 g/mol. The van der Waals surface area contributed by atoms with Crippen LogP contribution in [0, 0.1) is 0 Å². The van der Waals surface area contributed by atoms with Gasteiger partial charge >= 0.3 is 0 Å². The van der Waals surface area contributed by atoms with E-state index in [1.807, 2.05) is 84.8 Å². The van der Waals surface area contributed by atoms with Gasteiger partial charge < -0.3 is 20.0 Å². The fourth-order valence-corrected chi connectivity index (χ4v) is 6.47. The van der Waals surface area contributed by atoms with E-state index >= 15 is 0 Å². The molecule has 5 rings (SSSR count). The number of halogens is 1. The van der Waals surface area contributed by atoms with Gasteiger partial charge in [-0.05, 0) is 67.5 Å². The Morgan fingerprint density at radius 1 is 0.950 bits per heavy atom. The van der Waals surface area contributed by atoms with Crippen molar-refractivity contribution < 1.29 is 9.59 Å². The molecule has 8 heteroatoms. The molecule has 0 bridgehead atoms. The van der Waals surface area contributed by atoms with Gasteiger partial charge in [0.25, 0.3) is 0 Å². The molecule has 2 fully saturated rings. The van der Waals surface area contributed by atoms with Crippen molar-refractivity contribution in [3.05, 3.63) is 96.6 Å². The van der Waals surface area contributed by atoms with E-state index < -0.39 is 5.54 Å². The minimum atomic E-state index is -0.423. The van der Waals surface area contributed by atoms with Gasteiger partial charge in [0, 0.05) is 36.8 Å². The molecule has 2 amide bonds. The quantitative estimate of drug-likeness (QED) is 0.192. The van der Waals surface area contributed by atoms with E-state index in [9.17, 15) is 9.59 Å². The molecule has 0 atom stereocenters. The monoisotopic (exact) mass is 576 g/mol. The van der Waals surface area contributed by atoms with Crippen molar-refractivity contribution in [2.45, 2.75) is 29.7 Å². The number of rotatable bonds is 9. The van der Waals surface area contributed by atoms with Gasteiger partial charge in [0.15, 0.2) is 0 Å². The Bertz CT molecular complexity index is 1300. The highest BCUT2D eigenvalue weighted by Gasteiger charge is 2.52. The molecule has 0 radical (unpaired) electrons. The molecule has 1 N–H and O–H groups in total. The molecule has 0 aromatic heterocycles. The van der Waals surface area contributed by atoms with Crippen molar-refractivity contribution in [3.63, 3.8) is 0 Å². The standard InChI is InChI=1S/C32H36N4O2S.ClH/c1-34-25-36(27-13-6-3-7-14-27)32(31(34)38)19-22-35(23-20-32)21-10-24-39-29-16-9-8-15-28(29)33-30(37)18-17-26-11-4-2-5-12-26;/h2-9,11-18H,10,19-25H2,1H3,(H,33,37);1H/b18-17+;. The van der Waals surface area contributed by atoms with E-state index in [0.717, 1.165) is 66.5 Å². The number of carbonyl (C=O) groups is 2. The molecular formula is C32H37ClN4O2S. The normalized spacial score (nSPS) is 16.9. The second kappa shape index (κ2) is 13.9. The van der Waals surface area contributed by atoms with Crippen LogP contribution in [0.3, 0.4) is 0 Å². The molecule has 6 nitrogen and oxygen atoms in total. The molecule has 2 heterocycles. The first-order valence-corrected chi connectivity index (χ1v) is 14.6. The average Bonchev–Trinajstić information content (AvgIpc) is 3.22.